The first-order valence-electron chi connectivity index (χ1n) is 6.59. The molecule has 6 heteroatoms. The van der Waals surface area contributed by atoms with Gasteiger partial charge in [-0.1, -0.05) is 0 Å². The Morgan fingerprint density at radius 1 is 1.24 bits per heavy atom. The molecule has 0 bridgehead atoms. The number of benzene rings is 1. The van der Waals surface area contributed by atoms with Gasteiger partial charge in [-0.25, -0.2) is 14.8 Å². The number of hydrogen-bond donors (Lipinski definition) is 2. The van der Waals surface area contributed by atoms with Crippen molar-refractivity contribution in [2.24, 2.45) is 0 Å². The Morgan fingerprint density at radius 3 is 2.48 bits per heavy atom. The summed E-state index contributed by atoms with van der Waals surface area (Å²) in [7, 11) is 0. The predicted molar refractivity (Wildman–Crippen MR) is 84.4 cm³/mol. The molecule has 0 amide bonds. The van der Waals surface area contributed by atoms with Crippen molar-refractivity contribution in [3.05, 3.63) is 41.2 Å². The molecule has 5 nitrogen and oxygen atoms in total. The minimum Gasteiger partial charge on any atom is -0.462 e. The van der Waals surface area contributed by atoms with Crippen molar-refractivity contribution < 1.29 is 9.53 Å². The molecule has 0 aliphatic heterocycles. The molecule has 0 spiro atoms. The first-order chi connectivity index (χ1) is 9.99. The monoisotopic (exact) mass is 303 g/mol. The summed E-state index contributed by atoms with van der Waals surface area (Å²) in [4.78, 5) is 20.9. The highest BCUT2D eigenvalue weighted by atomic mass is 32.1. The average molecular weight is 303 g/mol. The minimum atomic E-state index is -0.359. The fraction of sp³-hybridized carbons (Fsp3) is 0.267. The Labute approximate surface area is 129 Å². The molecule has 2 rings (SSSR count). The number of nitrogens with one attached hydrogen (secondary N) is 1. The van der Waals surface area contributed by atoms with Gasteiger partial charge in [0.25, 0.3) is 0 Å². The van der Waals surface area contributed by atoms with Gasteiger partial charge in [0.15, 0.2) is 0 Å². The molecule has 0 aliphatic rings. The zero-order chi connectivity index (χ0) is 15.4. The fourth-order valence-electron chi connectivity index (χ4n) is 1.88. The lowest BCUT2D eigenvalue weighted by Crippen LogP contribution is -2.05. The summed E-state index contributed by atoms with van der Waals surface area (Å²) in [6.45, 7) is 5.93. The van der Waals surface area contributed by atoms with Crippen molar-refractivity contribution in [2.75, 3.05) is 11.9 Å². The van der Waals surface area contributed by atoms with E-state index in [0.29, 0.717) is 23.0 Å². The zero-order valence-corrected chi connectivity index (χ0v) is 13.1. The van der Waals surface area contributed by atoms with Gasteiger partial charge in [-0.05, 0) is 45.0 Å². The predicted octanol–water partition coefficient (Wildman–Crippen LogP) is 3.30. The second-order valence-electron chi connectivity index (χ2n) is 4.55. The highest BCUT2D eigenvalue weighted by Crippen LogP contribution is 2.24. The number of rotatable bonds is 4. The van der Waals surface area contributed by atoms with E-state index in [4.69, 9.17) is 4.74 Å². The van der Waals surface area contributed by atoms with Crippen LogP contribution in [0.5, 0.6) is 0 Å². The standard InChI is InChI=1S/C15H17N3O2S/c1-4-20-14(19)11-5-6-12(13(21)8-11)18-15-16-9(2)7-10(3)17-15/h5-8,21H,4H2,1-3H3,(H,16,17,18). The van der Waals surface area contributed by atoms with Crippen LogP contribution >= 0.6 is 12.6 Å². The van der Waals surface area contributed by atoms with E-state index in [-0.39, 0.29) is 5.97 Å². The molecule has 0 unspecified atom stereocenters. The number of carbonyl (C=O) groups excluding carboxylic acids is 1. The molecule has 2 aromatic rings. The van der Waals surface area contributed by atoms with E-state index in [2.05, 4.69) is 27.9 Å². The van der Waals surface area contributed by atoms with Gasteiger partial charge in [0.1, 0.15) is 0 Å². The smallest absolute Gasteiger partial charge is 0.338 e. The fourth-order valence-corrected chi connectivity index (χ4v) is 2.15. The minimum absolute atomic E-state index is 0.344. The van der Waals surface area contributed by atoms with Crippen LogP contribution in [0.15, 0.2) is 29.2 Å². The number of carbonyl (C=O) groups is 1. The summed E-state index contributed by atoms with van der Waals surface area (Å²) in [5.74, 6) is 0.147. The topological polar surface area (TPSA) is 64.1 Å². The molecule has 0 aliphatic carbocycles. The maximum absolute atomic E-state index is 11.7. The summed E-state index contributed by atoms with van der Waals surface area (Å²) in [6, 6.07) is 7.00. The van der Waals surface area contributed by atoms with Crippen LogP contribution in [0, 0.1) is 13.8 Å². The quantitative estimate of drug-likeness (QED) is 0.670. The number of anilines is 2. The van der Waals surface area contributed by atoms with Gasteiger partial charge in [-0.2, -0.15) is 0 Å². The van der Waals surface area contributed by atoms with Crippen LogP contribution in [-0.4, -0.2) is 22.5 Å². The highest BCUT2D eigenvalue weighted by molar-refractivity contribution is 7.80. The molecule has 0 fully saturated rings. The van der Waals surface area contributed by atoms with E-state index in [0.717, 1.165) is 17.1 Å². The summed E-state index contributed by atoms with van der Waals surface area (Å²) in [6.07, 6.45) is 0. The molecular weight excluding hydrogens is 286 g/mol. The van der Waals surface area contributed by atoms with Gasteiger partial charge in [-0.3, -0.25) is 0 Å². The summed E-state index contributed by atoms with van der Waals surface area (Å²) in [5, 5.41) is 3.10. The SMILES string of the molecule is CCOC(=O)c1ccc(Nc2nc(C)cc(C)n2)c(S)c1. The Hall–Kier alpha value is -2.08. The average Bonchev–Trinajstić information content (AvgIpc) is 2.40. The molecule has 1 aromatic heterocycles. The number of thiol groups is 1. The molecule has 1 heterocycles. The van der Waals surface area contributed by atoms with Crippen LogP contribution in [-0.2, 0) is 4.74 Å². The Morgan fingerprint density at radius 2 is 1.90 bits per heavy atom. The molecule has 0 saturated carbocycles. The van der Waals surface area contributed by atoms with Crippen LogP contribution < -0.4 is 5.32 Å². The Bertz CT molecular complexity index is 654. The van der Waals surface area contributed by atoms with Crippen molar-refractivity contribution in [1.29, 1.82) is 0 Å². The summed E-state index contributed by atoms with van der Waals surface area (Å²) in [5.41, 5.74) is 2.97. The van der Waals surface area contributed by atoms with Crippen LogP contribution in [0.2, 0.25) is 0 Å². The molecule has 21 heavy (non-hydrogen) atoms. The number of aryl methyl sites for hydroxylation is 2. The van der Waals surface area contributed by atoms with Gasteiger partial charge in [0.05, 0.1) is 17.9 Å². The molecule has 1 N–H and O–H groups in total. The molecule has 1 aromatic carbocycles. The van der Waals surface area contributed by atoms with E-state index in [9.17, 15) is 4.79 Å². The van der Waals surface area contributed by atoms with Crippen LogP contribution in [0.25, 0.3) is 0 Å². The third kappa shape index (κ3) is 3.95. The van der Waals surface area contributed by atoms with Crippen LogP contribution in [0.1, 0.15) is 28.7 Å². The van der Waals surface area contributed by atoms with Crippen LogP contribution in [0.3, 0.4) is 0 Å². The van der Waals surface area contributed by atoms with Crippen molar-refractivity contribution in [3.63, 3.8) is 0 Å². The molecule has 0 atom stereocenters. The Balaban J connectivity index is 2.23. The molecule has 0 radical (unpaired) electrons. The third-order valence-electron chi connectivity index (χ3n) is 2.74. The lowest BCUT2D eigenvalue weighted by atomic mass is 10.2. The maximum atomic E-state index is 11.7. The van der Waals surface area contributed by atoms with Crippen molar-refractivity contribution in [2.45, 2.75) is 25.7 Å². The van der Waals surface area contributed by atoms with Gasteiger partial charge in [0.2, 0.25) is 5.95 Å². The van der Waals surface area contributed by atoms with Gasteiger partial charge in [-0.15, -0.1) is 12.6 Å². The normalized spacial score (nSPS) is 10.3. The highest BCUT2D eigenvalue weighted by Gasteiger charge is 2.10. The number of nitrogens with zero attached hydrogens (tertiary/aromatic N) is 2. The summed E-state index contributed by atoms with van der Waals surface area (Å²) < 4.78 is 4.95. The van der Waals surface area contributed by atoms with Gasteiger partial charge in [0, 0.05) is 16.3 Å². The number of aromatic nitrogens is 2. The maximum Gasteiger partial charge on any atom is 0.338 e. The second-order valence-corrected chi connectivity index (χ2v) is 5.03. The van der Waals surface area contributed by atoms with E-state index < -0.39 is 0 Å². The number of hydrogen-bond acceptors (Lipinski definition) is 6. The molecule has 110 valence electrons. The Kier molecular flexibility index (Phi) is 4.80. The largest absolute Gasteiger partial charge is 0.462 e. The second kappa shape index (κ2) is 6.58. The first kappa shape index (κ1) is 15.3. The van der Waals surface area contributed by atoms with Gasteiger partial charge < -0.3 is 10.1 Å². The lowest BCUT2D eigenvalue weighted by molar-refractivity contribution is 0.0526. The van der Waals surface area contributed by atoms with E-state index in [1.165, 1.54) is 0 Å². The number of esters is 1. The zero-order valence-electron chi connectivity index (χ0n) is 12.2. The van der Waals surface area contributed by atoms with E-state index in [1.54, 1.807) is 25.1 Å². The van der Waals surface area contributed by atoms with Crippen molar-refractivity contribution in [3.8, 4) is 0 Å². The third-order valence-corrected chi connectivity index (χ3v) is 3.11. The van der Waals surface area contributed by atoms with Crippen molar-refractivity contribution in [1.82, 2.24) is 9.97 Å². The van der Waals surface area contributed by atoms with Crippen LogP contribution in [0.4, 0.5) is 11.6 Å². The first-order valence-corrected chi connectivity index (χ1v) is 7.03. The summed E-state index contributed by atoms with van der Waals surface area (Å²) >= 11 is 4.39. The number of ether oxygens (including phenoxy) is 1. The van der Waals surface area contributed by atoms with Crippen molar-refractivity contribution >= 4 is 30.2 Å². The van der Waals surface area contributed by atoms with E-state index >= 15 is 0 Å². The molecular formula is C15H17N3O2S. The lowest BCUT2D eigenvalue weighted by Gasteiger charge is -2.10. The van der Waals surface area contributed by atoms with E-state index in [1.807, 2.05) is 19.9 Å². The molecule has 0 saturated heterocycles. The van der Waals surface area contributed by atoms with Gasteiger partial charge >= 0.3 is 5.97 Å².